The standard InChI is InChI=1S/C27H39N7O5/c1-39-27(38)22-12-6-8-16-30-26(37)23(17-19-9-3-2-4-10-19)34-20(18-31-33-34)13-14-24(35)29-15-7-5-11-21(28)25(36)32-22/h2-4,9-10,18,21-23H,5-8,11-17,28H2,1H3,(H,29,35)(H,30,37)(H,32,36)/t21-,22+,23+/m1/s1. The predicted octanol–water partition coefficient (Wildman–Crippen LogP) is 0.566. The lowest BCUT2D eigenvalue weighted by molar-refractivity contribution is -0.145. The van der Waals surface area contributed by atoms with Gasteiger partial charge in [0.2, 0.25) is 17.7 Å². The van der Waals surface area contributed by atoms with Gasteiger partial charge in [0, 0.05) is 25.9 Å². The van der Waals surface area contributed by atoms with Crippen LogP contribution in [0.25, 0.3) is 0 Å². The molecule has 2 aromatic rings. The number of nitrogens with zero attached hydrogens (tertiary/aromatic N) is 3. The van der Waals surface area contributed by atoms with Gasteiger partial charge in [-0.25, -0.2) is 9.48 Å². The summed E-state index contributed by atoms with van der Waals surface area (Å²) in [5.74, 6) is -1.30. The number of aromatic nitrogens is 3. The molecule has 0 radical (unpaired) electrons. The van der Waals surface area contributed by atoms with Crippen molar-refractivity contribution in [2.45, 2.75) is 75.9 Å². The maximum atomic E-state index is 13.3. The molecule has 1 aromatic carbocycles. The quantitative estimate of drug-likeness (QED) is 0.409. The molecule has 0 saturated carbocycles. The molecule has 212 valence electrons. The van der Waals surface area contributed by atoms with Crippen molar-refractivity contribution < 1.29 is 23.9 Å². The number of nitrogens with one attached hydrogen (secondary N) is 3. The number of esters is 1. The molecule has 1 aliphatic rings. The van der Waals surface area contributed by atoms with Crippen molar-refractivity contribution in [2.75, 3.05) is 20.2 Å². The van der Waals surface area contributed by atoms with Gasteiger partial charge in [0.1, 0.15) is 12.1 Å². The first kappa shape index (κ1) is 29.8. The number of ether oxygens (including phenoxy) is 1. The van der Waals surface area contributed by atoms with Crippen LogP contribution in [0.1, 0.15) is 62.2 Å². The van der Waals surface area contributed by atoms with Gasteiger partial charge in [-0.15, -0.1) is 5.10 Å². The Labute approximate surface area is 228 Å². The lowest BCUT2D eigenvalue weighted by Crippen LogP contribution is -2.48. The van der Waals surface area contributed by atoms with Crippen molar-refractivity contribution in [3.05, 3.63) is 47.8 Å². The van der Waals surface area contributed by atoms with Crippen LogP contribution in [0.4, 0.5) is 0 Å². The molecule has 3 amide bonds. The maximum Gasteiger partial charge on any atom is 0.328 e. The highest BCUT2D eigenvalue weighted by Gasteiger charge is 2.26. The molecular weight excluding hydrogens is 502 g/mol. The monoisotopic (exact) mass is 541 g/mol. The van der Waals surface area contributed by atoms with E-state index >= 15 is 0 Å². The number of hydrogen-bond donors (Lipinski definition) is 4. The molecule has 1 aromatic heterocycles. The number of benzene rings is 1. The first-order valence-corrected chi connectivity index (χ1v) is 13.5. The smallest absolute Gasteiger partial charge is 0.328 e. The van der Waals surface area contributed by atoms with E-state index in [0.717, 1.165) is 5.56 Å². The third-order valence-electron chi connectivity index (χ3n) is 6.75. The van der Waals surface area contributed by atoms with E-state index in [1.807, 2.05) is 30.3 Å². The molecule has 0 saturated heterocycles. The molecule has 12 heteroatoms. The number of nitrogens with two attached hydrogens (primary N) is 1. The van der Waals surface area contributed by atoms with Gasteiger partial charge in [-0.1, -0.05) is 35.5 Å². The van der Waals surface area contributed by atoms with Crippen LogP contribution in [-0.2, 0) is 36.8 Å². The number of hydrogen-bond acceptors (Lipinski definition) is 8. The van der Waals surface area contributed by atoms with Crippen LogP contribution in [0, 0.1) is 0 Å². The van der Waals surface area contributed by atoms with E-state index in [0.29, 0.717) is 70.2 Å². The fraction of sp³-hybridized carbons (Fsp3) is 0.556. The second-order valence-electron chi connectivity index (χ2n) is 9.70. The summed E-state index contributed by atoms with van der Waals surface area (Å²) in [6, 6.07) is 7.40. The minimum atomic E-state index is -0.818. The van der Waals surface area contributed by atoms with E-state index in [1.54, 1.807) is 10.9 Å². The number of amides is 3. The number of methoxy groups -OCH3 is 1. The van der Waals surface area contributed by atoms with E-state index in [1.165, 1.54) is 7.11 Å². The summed E-state index contributed by atoms with van der Waals surface area (Å²) in [6.07, 6.45) is 5.85. The fourth-order valence-electron chi connectivity index (χ4n) is 4.48. The van der Waals surface area contributed by atoms with E-state index in [-0.39, 0.29) is 18.2 Å². The molecule has 0 unspecified atom stereocenters. The first-order chi connectivity index (χ1) is 18.9. The van der Waals surface area contributed by atoms with Gasteiger partial charge in [0.15, 0.2) is 0 Å². The Kier molecular flexibility index (Phi) is 11.9. The Hall–Kier alpha value is -3.80. The number of carbonyl (C=O) groups excluding carboxylic acids is 4. The second kappa shape index (κ2) is 15.6. The van der Waals surface area contributed by atoms with Crippen LogP contribution >= 0.6 is 0 Å². The summed E-state index contributed by atoms with van der Waals surface area (Å²) in [7, 11) is 1.27. The Morgan fingerprint density at radius 1 is 1.00 bits per heavy atom. The lowest BCUT2D eigenvalue weighted by atomic mass is 10.0. The number of rotatable bonds is 3. The van der Waals surface area contributed by atoms with Crippen LogP contribution < -0.4 is 21.7 Å². The SMILES string of the molecule is COC(=O)[C@@H]1CCCCNC(=O)[C@H](Cc2ccccc2)n2nncc2CCC(=O)NCCCC[C@@H](N)C(=O)N1. The molecule has 3 atom stereocenters. The molecule has 0 bridgehead atoms. The van der Waals surface area contributed by atoms with Gasteiger partial charge >= 0.3 is 5.97 Å². The van der Waals surface area contributed by atoms with Gasteiger partial charge in [-0.3, -0.25) is 14.4 Å². The van der Waals surface area contributed by atoms with Crippen molar-refractivity contribution in [3.8, 4) is 0 Å². The first-order valence-electron chi connectivity index (χ1n) is 13.5. The van der Waals surface area contributed by atoms with Gasteiger partial charge in [-0.05, 0) is 50.5 Å². The third-order valence-corrected chi connectivity index (χ3v) is 6.75. The average Bonchev–Trinajstić information content (AvgIpc) is 3.41. The summed E-state index contributed by atoms with van der Waals surface area (Å²) in [4.78, 5) is 50.5. The molecule has 0 spiro atoms. The van der Waals surface area contributed by atoms with Gasteiger partial charge in [-0.2, -0.15) is 0 Å². The van der Waals surface area contributed by atoms with Crippen LogP contribution in [0.15, 0.2) is 36.5 Å². The topological polar surface area (TPSA) is 170 Å². The van der Waals surface area contributed by atoms with E-state index in [9.17, 15) is 19.2 Å². The highest BCUT2D eigenvalue weighted by atomic mass is 16.5. The van der Waals surface area contributed by atoms with Gasteiger partial charge in [0.25, 0.3) is 0 Å². The minimum absolute atomic E-state index is 0.124. The second-order valence-corrected chi connectivity index (χ2v) is 9.70. The molecular formula is C27H39N7O5. The number of aryl methyl sites for hydroxylation is 1. The third kappa shape index (κ3) is 9.47. The highest BCUT2D eigenvalue weighted by Crippen LogP contribution is 2.17. The molecule has 3 rings (SSSR count). The van der Waals surface area contributed by atoms with Crippen LogP contribution in [0.2, 0.25) is 0 Å². The number of carbonyl (C=O) groups is 4. The lowest BCUT2D eigenvalue weighted by Gasteiger charge is -2.20. The van der Waals surface area contributed by atoms with Crippen molar-refractivity contribution in [3.63, 3.8) is 0 Å². The summed E-state index contributed by atoms with van der Waals surface area (Å²) >= 11 is 0. The largest absolute Gasteiger partial charge is 0.467 e. The Morgan fingerprint density at radius 3 is 2.46 bits per heavy atom. The molecule has 0 aliphatic carbocycles. The zero-order chi connectivity index (χ0) is 28.0. The van der Waals surface area contributed by atoms with E-state index in [4.69, 9.17) is 10.5 Å². The normalized spacial score (nSPS) is 22.8. The molecule has 1 aliphatic heterocycles. The van der Waals surface area contributed by atoms with Crippen LogP contribution in [0.3, 0.4) is 0 Å². The van der Waals surface area contributed by atoms with Gasteiger partial charge < -0.3 is 26.4 Å². The van der Waals surface area contributed by atoms with Crippen LogP contribution in [-0.4, -0.2) is 71.0 Å². The van der Waals surface area contributed by atoms with Gasteiger partial charge in [0.05, 0.1) is 25.0 Å². The zero-order valence-electron chi connectivity index (χ0n) is 22.4. The minimum Gasteiger partial charge on any atom is -0.467 e. The van der Waals surface area contributed by atoms with Crippen molar-refractivity contribution in [1.29, 1.82) is 0 Å². The average molecular weight is 542 g/mol. The van der Waals surface area contributed by atoms with Crippen molar-refractivity contribution >= 4 is 23.7 Å². The molecule has 0 fully saturated rings. The van der Waals surface area contributed by atoms with E-state index < -0.39 is 30.0 Å². The Bertz CT molecular complexity index is 1090. The number of fused-ring (bicyclic) bond motifs is 1. The summed E-state index contributed by atoms with van der Waals surface area (Å²) in [5.41, 5.74) is 7.69. The summed E-state index contributed by atoms with van der Waals surface area (Å²) in [6.45, 7) is 0.826. The van der Waals surface area contributed by atoms with Crippen LogP contribution in [0.5, 0.6) is 0 Å². The van der Waals surface area contributed by atoms with Crippen molar-refractivity contribution in [1.82, 2.24) is 30.9 Å². The Balaban J connectivity index is 1.74. The Morgan fingerprint density at radius 2 is 1.72 bits per heavy atom. The molecule has 12 nitrogen and oxygen atoms in total. The van der Waals surface area contributed by atoms with Crippen molar-refractivity contribution in [2.24, 2.45) is 5.73 Å². The summed E-state index contributed by atoms with van der Waals surface area (Å²) < 4.78 is 6.45. The van der Waals surface area contributed by atoms with E-state index in [2.05, 4.69) is 26.3 Å². The molecule has 5 N–H and O–H groups in total. The fourth-order valence-corrected chi connectivity index (χ4v) is 4.48. The highest BCUT2D eigenvalue weighted by molar-refractivity contribution is 5.87. The molecule has 2 heterocycles. The summed E-state index contributed by atoms with van der Waals surface area (Å²) in [5, 5.41) is 16.8. The zero-order valence-corrected chi connectivity index (χ0v) is 22.4. The molecule has 39 heavy (non-hydrogen) atoms. The predicted molar refractivity (Wildman–Crippen MR) is 143 cm³/mol. The maximum absolute atomic E-state index is 13.3.